The number of aryl methyl sites for hydroxylation is 1. The van der Waals surface area contributed by atoms with Crippen LogP contribution in [0.5, 0.6) is 5.75 Å². The first-order chi connectivity index (χ1) is 17.2. The summed E-state index contributed by atoms with van der Waals surface area (Å²) in [5.74, 6) is 0.905. The smallest absolute Gasteiger partial charge is 0.123 e. The predicted molar refractivity (Wildman–Crippen MR) is 140 cm³/mol. The molecule has 0 N–H and O–H groups in total. The molecule has 4 aromatic rings. The summed E-state index contributed by atoms with van der Waals surface area (Å²) in [7, 11) is 0. The van der Waals surface area contributed by atoms with Crippen molar-refractivity contribution in [2.75, 3.05) is 26.2 Å². The second-order valence-corrected chi connectivity index (χ2v) is 10.2. The third-order valence-electron chi connectivity index (χ3n) is 8.18. The molecule has 1 spiro atoms. The fourth-order valence-electron chi connectivity index (χ4n) is 6.16. The molecule has 0 amide bonds. The molecule has 0 atom stereocenters. The molecule has 0 saturated carbocycles. The van der Waals surface area contributed by atoms with Crippen LogP contribution in [0.15, 0.2) is 79.0 Å². The summed E-state index contributed by atoms with van der Waals surface area (Å²) in [6.07, 6.45) is 9.31. The van der Waals surface area contributed by atoms with Crippen LogP contribution in [0, 0.1) is 5.82 Å². The van der Waals surface area contributed by atoms with E-state index in [1.165, 1.54) is 79.5 Å². The van der Waals surface area contributed by atoms with Gasteiger partial charge in [0, 0.05) is 28.2 Å². The van der Waals surface area contributed by atoms with Crippen LogP contribution in [-0.2, 0) is 11.8 Å². The number of hydrogen-bond acceptors (Lipinski definition) is 2. The molecule has 1 aromatic heterocycles. The van der Waals surface area contributed by atoms with Crippen molar-refractivity contribution in [2.45, 2.75) is 43.9 Å². The number of hydrogen-bond donors (Lipinski definition) is 0. The number of ether oxygens (including phenoxy) is 1. The molecule has 4 heteroatoms. The van der Waals surface area contributed by atoms with Gasteiger partial charge >= 0.3 is 0 Å². The maximum absolute atomic E-state index is 13.4. The maximum atomic E-state index is 13.4. The number of piperidine rings is 1. The Hall–Kier alpha value is -3.11. The van der Waals surface area contributed by atoms with Crippen LogP contribution >= 0.6 is 0 Å². The normalized spacial score (nSPS) is 17.4. The SMILES string of the molecule is Fc1ccc(-n2cc(CCCCN3CCC4(CCOc5ccccc54)CC3)c3ccccc32)cc1. The largest absolute Gasteiger partial charge is 0.493 e. The quantitative estimate of drug-likeness (QED) is 0.286. The highest BCUT2D eigenvalue weighted by Crippen LogP contribution is 2.45. The van der Waals surface area contributed by atoms with E-state index in [2.05, 4.69) is 64.2 Å². The first-order valence-electron chi connectivity index (χ1n) is 13.0. The minimum absolute atomic E-state index is 0.199. The van der Waals surface area contributed by atoms with Crippen molar-refractivity contribution in [1.29, 1.82) is 0 Å². The third-order valence-corrected chi connectivity index (χ3v) is 8.18. The zero-order valence-electron chi connectivity index (χ0n) is 20.3. The minimum atomic E-state index is -0.199. The second kappa shape index (κ2) is 9.50. The number of para-hydroxylation sites is 2. The van der Waals surface area contributed by atoms with Crippen molar-refractivity contribution in [3.63, 3.8) is 0 Å². The summed E-state index contributed by atoms with van der Waals surface area (Å²) in [5.41, 5.74) is 5.32. The Morgan fingerprint density at radius 2 is 1.60 bits per heavy atom. The number of unbranched alkanes of at least 4 members (excludes halogenated alkanes) is 1. The van der Waals surface area contributed by atoms with E-state index in [0.29, 0.717) is 5.41 Å². The molecule has 180 valence electrons. The van der Waals surface area contributed by atoms with Gasteiger partial charge < -0.3 is 14.2 Å². The van der Waals surface area contributed by atoms with E-state index in [1.54, 1.807) is 0 Å². The van der Waals surface area contributed by atoms with Crippen molar-refractivity contribution >= 4 is 10.9 Å². The Morgan fingerprint density at radius 1 is 0.829 bits per heavy atom. The number of fused-ring (bicyclic) bond motifs is 3. The summed E-state index contributed by atoms with van der Waals surface area (Å²) < 4.78 is 21.6. The molecule has 3 heterocycles. The standard InChI is InChI=1S/C31H33FN2O/c32-25-12-14-26(15-13-25)34-23-24(27-8-1-3-10-29(27)34)7-5-6-19-33-20-16-31(17-21-33)18-22-35-30-11-4-2-9-28(30)31/h1-4,8-15,23H,5-7,16-22H2. The molecule has 1 saturated heterocycles. The van der Waals surface area contributed by atoms with Crippen LogP contribution in [0.3, 0.4) is 0 Å². The van der Waals surface area contributed by atoms with Crippen LogP contribution in [0.1, 0.15) is 43.2 Å². The van der Waals surface area contributed by atoms with E-state index < -0.39 is 0 Å². The molecule has 35 heavy (non-hydrogen) atoms. The van der Waals surface area contributed by atoms with Crippen molar-refractivity contribution in [1.82, 2.24) is 9.47 Å². The van der Waals surface area contributed by atoms with Crippen LogP contribution < -0.4 is 4.74 Å². The van der Waals surface area contributed by atoms with Crippen LogP contribution in [-0.4, -0.2) is 35.7 Å². The van der Waals surface area contributed by atoms with Gasteiger partial charge in [0.05, 0.1) is 12.1 Å². The van der Waals surface area contributed by atoms with E-state index >= 15 is 0 Å². The lowest BCUT2D eigenvalue weighted by Crippen LogP contribution is -2.45. The van der Waals surface area contributed by atoms with Crippen LogP contribution in [0.4, 0.5) is 4.39 Å². The van der Waals surface area contributed by atoms with E-state index in [0.717, 1.165) is 30.9 Å². The van der Waals surface area contributed by atoms with Gasteiger partial charge in [0.25, 0.3) is 0 Å². The zero-order valence-corrected chi connectivity index (χ0v) is 20.3. The molecule has 1 fully saturated rings. The van der Waals surface area contributed by atoms with Crippen LogP contribution in [0.25, 0.3) is 16.6 Å². The Labute approximate surface area is 207 Å². The first-order valence-corrected chi connectivity index (χ1v) is 13.0. The Balaban J connectivity index is 1.06. The lowest BCUT2D eigenvalue weighted by molar-refractivity contribution is 0.115. The topological polar surface area (TPSA) is 17.4 Å². The lowest BCUT2D eigenvalue weighted by atomic mass is 9.69. The Kier molecular flexibility index (Phi) is 6.07. The Bertz CT molecular complexity index is 1300. The van der Waals surface area contributed by atoms with Gasteiger partial charge in [0.1, 0.15) is 11.6 Å². The monoisotopic (exact) mass is 468 g/mol. The minimum Gasteiger partial charge on any atom is -0.493 e. The second-order valence-electron chi connectivity index (χ2n) is 10.2. The van der Waals surface area contributed by atoms with E-state index in [1.807, 2.05) is 12.1 Å². The van der Waals surface area contributed by atoms with Gasteiger partial charge in [-0.05, 0) is 100 Å². The van der Waals surface area contributed by atoms with Crippen molar-refractivity contribution in [3.8, 4) is 11.4 Å². The fraction of sp³-hybridized carbons (Fsp3) is 0.355. The predicted octanol–water partition coefficient (Wildman–Crippen LogP) is 6.91. The maximum Gasteiger partial charge on any atom is 0.123 e. The fourth-order valence-corrected chi connectivity index (χ4v) is 6.16. The molecule has 2 aliphatic heterocycles. The number of rotatable bonds is 6. The van der Waals surface area contributed by atoms with Gasteiger partial charge in [-0.1, -0.05) is 36.4 Å². The van der Waals surface area contributed by atoms with Gasteiger partial charge in [-0.3, -0.25) is 0 Å². The third kappa shape index (κ3) is 4.36. The molecule has 3 nitrogen and oxygen atoms in total. The number of aromatic nitrogens is 1. The molecule has 0 radical (unpaired) electrons. The molecular formula is C31H33FN2O. The van der Waals surface area contributed by atoms with Crippen molar-refractivity contribution in [2.24, 2.45) is 0 Å². The summed E-state index contributed by atoms with van der Waals surface area (Å²) in [6.45, 7) is 4.38. The average molecular weight is 469 g/mol. The zero-order chi connectivity index (χ0) is 23.7. The van der Waals surface area contributed by atoms with Gasteiger partial charge in [-0.25, -0.2) is 4.39 Å². The van der Waals surface area contributed by atoms with Crippen molar-refractivity contribution in [3.05, 3.63) is 95.9 Å². The van der Waals surface area contributed by atoms with Gasteiger partial charge in [-0.15, -0.1) is 0 Å². The highest BCUT2D eigenvalue weighted by Gasteiger charge is 2.40. The Morgan fingerprint density at radius 3 is 2.46 bits per heavy atom. The number of benzene rings is 3. The first kappa shape index (κ1) is 22.4. The number of likely N-dealkylation sites (tertiary alicyclic amines) is 1. The molecule has 6 rings (SSSR count). The van der Waals surface area contributed by atoms with Gasteiger partial charge in [0.2, 0.25) is 0 Å². The van der Waals surface area contributed by atoms with Crippen molar-refractivity contribution < 1.29 is 9.13 Å². The summed E-state index contributed by atoms with van der Waals surface area (Å²) >= 11 is 0. The highest BCUT2D eigenvalue weighted by atomic mass is 19.1. The summed E-state index contributed by atoms with van der Waals surface area (Å²) in [4.78, 5) is 2.66. The average Bonchev–Trinajstić information content (AvgIpc) is 3.27. The molecular weight excluding hydrogens is 435 g/mol. The van der Waals surface area contributed by atoms with Gasteiger partial charge in [-0.2, -0.15) is 0 Å². The molecule has 0 aliphatic carbocycles. The summed E-state index contributed by atoms with van der Waals surface area (Å²) in [6, 6.07) is 24.0. The van der Waals surface area contributed by atoms with E-state index in [4.69, 9.17) is 4.74 Å². The number of nitrogens with zero attached hydrogens (tertiary/aromatic N) is 2. The number of halogens is 1. The van der Waals surface area contributed by atoms with Gasteiger partial charge in [0.15, 0.2) is 0 Å². The van der Waals surface area contributed by atoms with Crippen LogP contribution in [0.2, 0.25) is 0 Å². The highest BCUT2D eigenvalue weighted by molar-refractivity contribution is 5.85. The lowest BCUT2D eigenvalue weighted by Gasteiger charge is -2.45. The molecule has 2 aliphatic rings. The summed E-state index contributed by atoms with van der Waals surface area (Å²) in [5, 5.41) is 1.30. The van der Waals surface area contributed by atoms with E-state index in [9.17, 15) is 4.39 Å². The van der Waals surface area contributed by atoms with E-state index in [-0.39, 0.29) is 5.82 Å². The molecule has 0 bridgehead atoms. The molecule has 3 aromatic carbocycles. The molecule has 0 unspecified atom stereocenters.